The van der Waals surface area contributed by atoms with Gasteiger partial charge in [-0.25, -0.2) is 9.97 Å². The van der Waals surface area contributed by atoms with Crippen molar-refractivity contribution in [2.45, 2.75) is 13.5 Å². The number of H-pyrrole nitrogens is 1. The van der Waals surface area contributed by atoms with E-state index in [0.717, 1.165) is 0 Å². The van der Waals surface area contributed by atoms with Gasteiger partial charge in [0.2, 0.25) is 0 Å². The Morgan fingerprint density at radius 1 is 1.53 bits per heavy atom. The lowest BCUT2D eigenvalue weighted by Crippen LogP contribution is -2.13. The second-order valence-corrected chi connectivity index (χ2v) is 3.02. The summed E-state index contributed by atoms with van der Waals surface area (Å²) in [4.78, 5) is 22.4. The fourth-order valence-corrected chi connectivity index (χ4v) is 1.28. The van der Waals surface area contributed by atoms with Crippen LogP contribution in [0.3, 0.4) is 0 Å². The number of hydrogen-bond donors (Lipinski definition) is 1. The molecule has 0 aromatic carbocycles. The summed E-state index contributed by atoms with van der Waals surface area (Å²) in [5.74, 6) is 0.507. The van der Waals surface area contributed by atoms with E-state index in [1.165, 1.54) is 0 Å². The van der Waals surface area contributed by atoms with E-state index in [2.05, 4.69) is 15.0 Å². The quantitative estimate of drug-likeness (QED) is 0.806. The normalized spacial score (nSPS) is 10.7. The van der Waals surface area contributed by atoms with Gasteiger partial charge in [-0.15, -0.1) is 0 Å². The third kappa shape index (κ3) is 2.02. The summed E-state index contributed by atoms with van der Waals surface area (Å²) >= 11 is 0. The molecular weight excluding hydrogens is 194 g/mol. The molecule has 0 aliphatic rings. The topological polar surface area (TPSA) is 67.9 Å². The molecule has 0 saturated heterocycles. The van der Waals surface area contributed by atoms with E-state index in [1.54, 1.807) is 18.3 Å². The molecule has 0 fully saturated rings. The molecule has 0 saturated carbocycles. The summed E-state index contributed by atoms with van der Waals surface area (Å²) < 4.78 is 5.16. The van der Waals surface area contributed by atoms with Crippen LogP contribution in [0.25, 0.3) is 11.0 Å². The van der Waals surface area contributed by atoms with Crippen LogP contribution in [-0.4, -0.2) is 21.6 Å². The van der Waals surface area contributed by atoms with E-state index in [0.29, 0.717) is 30.1 Å². The van der Waals surface area contributed by atoms with Crippen molar-refractivity contribution in [2.24, 2.45) is 0 Å². The Morgan fingerprint density at radius 2 is 2.40 bits per heavy atom. The predicted molar refractivity (Wildman–Crippen MR) is 55.5 cm³/mol. The van der Waals surface area contributed by atoms with Crippen molar-refractivity contribution in [3.8, 4) is 0 Å². The SMILES string of the molecule is CCOCc1nc2ncccc2c(=O)[nH]1. The summed E-state index contributed by atoms with van der Waals surface area (Å²) in [5.41, 5.74) is 0.277. The Labute approximate surface area is 86.1 Å². The highest BCUT2D eigenvalue weighted by Gasteiger charge is 2.03. The van der Waals surface area contributed by atoms with Gasteiger partial charge in [-0.1, -0.05) is 0 Å². The van der Waals surface area contributed by atoms with Crippen LogP contribution in [0, 0.1) is 0 Å². The van der Waals surface area contributed by atoms with Gasteiger partial charge in [-0.2, -0.15) is 0 Å². The fourth-order valence-electron chi connectivity index (χ4n) is 1.28. The Hall–Kier alpha value is -1.75. The van der Waals surface area contributed by atoms with Crippen molar-refractivity contribution < 1.29 is 4.74 Å². The molecule has 2 aromatic heterocycles. The molecular formula is C10H11N3O2. The molecule has 0 atom stereocenters. The van der Waals surface area contributed by atoms with E-state index < -0.39 is 0 Å². The van der Waals surface area contributed by atoms with E-state index in [4.69, 9.17) is 4.74 Å². The highest BCUT2D eigenvalue weighted by Crippen LogP contribution is 2.02. The summed E-state index contributed by atoms with van der Waals surface area (Å²) in [7, 11) is 0. The zero-order chi connectivity index (χ0) is 10.7. The van der Waals surface area contributed by atoms with Crippen LogP contribution in [0.1, 0.15) is 12.7 Å². The van der Waals surface area contributed by atoms with Gasteiger partial charge in [0, 0.05) is 12.8 Å². The average Bonchev–Trinajstić information content (AvgIpc) is 2.26. The zero-order valence-electron chi connectivity index (χ0n) is 8.36. The van der Waals surface area contributed by atoms with Crippen molar-refractivity contribution in [2.75, 3.05) is 6.61 Å². The van der Waals surface area contributed by atoms with Crippen molar-refractivity contribution in [3.63, 3.8) is 0 Å². The van der Waals surface area contributed by atoms with Crippen LogP contribution in [0.5, 0.6) is 0 Å². The number of rotatable bonds is 3. The largest absolute Gasteiger partial charge is 0.374 e. The minimum Gasteiger partial charge on any atom is -0.374 e. The maximum absolute atomic E-state index is 11.6. The van der Waals surface area contributed by atoms with Crippen molar-refractivity contribution >= 4 is 11.0 Å². The first kappa shape index (κ1) is 9.79. The molecule has 0 bridgehead atoms. The van der Waals surface area contributed by atoms with E-state index in [9.17, 15) is 4.79 Å². The lowest BCUT2D eigenvalue weighted by molar-refractivity contribution is 0.128. The minimum absolute atomic E-state index is 0.178. The van der Waals surface area contributed by atoms with Gasteiger partial charge in [-0.3, -0.25) is 4.79 Å². The van der Waals surface area contributed by atoms with E-state index >= 15 is 0 Å². The number of aromatic nitrogens is 3. The van der Waals surface area contributed by atoms with Gasteiger partial charge < -0.3 is 9.72 Å². The third-order valence-corrected chi connectivity index (χ3v) is 1.97. The Balaban J connectivity index is 2.48. The predicted octanol–water partition coefficient (Wildman–Crippen LogP) is 0.855. The first-order valence-corrected chi connectivity index (χ1v) is 4.73. The molecule has 5 nitrogen and oxygen atoms in total. The number of ether oxygens (including phenoxy) is 1. The second-order valence-electron chi connectivity index (χ2n) is 3.02. The standard InChI is InChI=1S/C10H11N3O2/c1-2-15-6-8-12-9-7(10(14)13-8)4-3-5-11-9/h3-5H,2,6H2,1H3,(H,11,12,13,14). The molecule has 2 rings (SSSR count). The van der Waals surface area contributed by atoms with Crippen molar-refractivity contribution in [1.82, 2.24) is 15.0 Å². The first-order valence-electron chi connectivity index (χ1n) is 4.73. The summed E-state index contributed by atoms with van der Waals surface area (Å²) in [5, 5.41) is 0.498. The first-order chi connectivity index (χ1) is 7.31. The highest BCUT2D eigenvalue weighted by molar-refractivity contribution is 5.72. The van der Waals surface area contributed by atoms with Crippen LogP contribution < -0.4 is 5.56 Å². The van der Waals surface area contributed by atoms with Crippen LogP contribution in [-0.2, 0) is 11.3 Å². The van der Waals surface area contributed by atoms with Gasteiger partial charge in [0.05, 0.1) is 5.39 Å². The number of aromatic amines is 1. The molecule has 5 heteroatoms. The van der Waals surface area contributed by atoms with Crippen LogP contribution >= 0.6 is 0 Å². The summed E-state index contributed by atoms with van der Waals surface area (Å²) in [6.07, 6.45) is 1.61. The highest BCUT2D eigenvalue weighted by atomic mass is 16.5. The van der Waals surface area contributed by atoms with Crippen LogP contribution in [0.2, 0.25) is 0 Å². The third-order valence-electron chi connectivity index (χ3n) is 1.97. The van der Waals surface area contributed by atoms with Crippen LogP contribution in [0.4, 0.5) is 0 Å². The fraction of sp³-hybridized carbons (Fsp3) is 0.300. The van der Waals surface area contributed by atoms with Gasteiger partial charge in [0.1, 0.15) is 12.4 Å². The molecule has 78 valence electrons. The van der Waals surface area contributed by atoms with E-state index in [-0.39, 0.29) is 5.56 Å². The monoisotopic (exact) mass is 205 g/mol. The molecule has 0 aliphatic carbocycles. The molecule has 0 radical (unpaired) electrons. The number of nitrogens with zero attached hydrogens (tertiary/aromatic N) is 2. The zero-order valence-corrected chi connectivity index (χ0v) is 8.36. The average molecular weight is 205 g/mol. The Bertz CT molecular complexity index is 521. The summed E-state index contributed by atoms with van der Waals surface area (Å²) in [6.45, 7) is 2.78. The molecule has 0 amide bonds. The molecule has 2 aromatic rings. The molecule has 2 heterocycles. The smallest absolute Gasteiger partial charge is 0.260 e. The Morgan fingerprint density at radius 3 is 3.20 bits per heavy atom. The van der Waals surface area contributed by atoms with Gasteiger partial charge in [-0.05, 0) is 19.1 Å². The van der Waals surface area contributed by atoms with Gasteiger partial charge in [0.25, 0.3) is 5.56 Å². The number of nitrogens with one attached hydrogen (secondary N) is 1. The molecule has 0 unspecified atom stereocenters. The number of fused-ring (bicyclic) bond motifs is 1. The minimum atomic E-state index is -0.178. The second kappa shape index (κ2) is 4.18. The lowest BCUT2D eigenvalue weighted by atomic mass is 10.3. The summed E-state index contributed by atoms with van der Waals surface area (Å²) in [6, 6.07) is 3.40. The maximum Gasteiger partial charge on any atom is 0.260 e. The van der Waals surface area contributed by atoms with Gasteiger partial charge >= 0.3 is 0 Å². The van der Waals surface area contributed by atoms with Crippen molar-refractivity contribution in [1.29, 1.82) is 0 Å². The van der Waals surface area contributed by atoms with E-state index in [1.807, 2.05) is 6.92 Å². The molecule has 0 aliphatic heterocycles. The Kier molecular flexibility index (Phi) is 2.73. The van der Waals surface area contributed by atoms with Crippen molar-refractivity contribution in [3.05, 3.63) is 34.5 Å². The lowest BCUT2D eigenvalue weighted by Gasteiger charge is -2.01. The molecule has 0 spiro atoms. The van der Waals surface area contributed by atoms with Crippen LogP contribution in [0.15, 0.2) is 23.1 Å². The van der Waals surface area contributed by atoms with Gasteiger partial charge in [0.15, 0.2) is 5.65 Å². The molecule has 1 N–H and O–H groups in total. The molecule has 15 heavy (non-hydrogen) atoms. The number of pyridine rings is 1. The number of hydrogen-bond acceptors (Lipinski definition) is 4. The maximum atomic E-state index is 11.6.